The average Bonchev–Trinajstić information content (AvgIpc) is 2.63. The lowest BCUT2D eigenvalue weighted by molar-refractivity contribution is -0.135. The molecule has 132 valence electrons. The topological polar surface area (TPSA) is 35.6 Å². The minimum atomic E-state index is 0.0797. The van der Waals surface area contributed by atoms with Crippen molar-refractivity contribution in [3.8, 4) is 0 Å². The summed E-state index contributed by atoms with van der Waals surface area (Å²) in [7, 11) is 2.20. The van der Waals surface area contributed by atoms with Crippen molar-refractivity contribution in [3.05, 3.63) is 35.9 Å². The van der Waals surface area contributed by atoms with E-state index in [1.54, 1.807) is 0 Å². The number of rotatable bonds is 5. The second-order valence-electron chi connectivity index (χ2n) is 7.45. The molecule has 2 saturated heterocycles. The Kier molecular flexibility index (Phi) is 6.27. The summed E-state index contributed by atoms with van der Waals surface area (Å²) in [6, 6.07) is 10.7. The molecule has 2 heterocycles. The van der Waals surface area contributed by atoms with Gasteiger partial charge in [0.1, 0.15) is 0 Å². The van der Waals surface area contributed by atoms with Gasteiger partial charge in [-0.2, -0.15) is 0 Å². The quantitative estimate of drug-likeness (QED) is 0.901. The monoisotopic (exact) mass is 329 g/mol. The van der Waals surface area contributed by atoms with Crippen LogP contribution in [0.15, 0.2) is 30.3 Å². The molecule has 2 aliphatic heterocycles. The van der Waals surface area contributed by atoms with Crippen molar-refractivity contribution in [2.75, 3.05) is 33.2 Å². The van der Waals surface area contributed by atoms with Crippen LogP contribution in [-0.2, 0) is 11.3 Å². The van der Waals surface area contributed by atoms with E-state index in [2.05, 4.69) is 52.5 Å². The first-order chi connectivity index (χ1) is 11.7. The summed E-state index contributed by atoms with van der Waals surface area (Å²) in [6.07, 6.45) is 5.68. The van der Waals surface area contributed by atoms with Gasteiger partial charge in [0.25, 0.3) is 0 Å². The number of nitrogens with one attached hydrogen (secondary N) is 1. The van der Waals surface area contributed by atoms with Crippen LogP contribution in [0.5, 0.6) is 0 Å². The first-order valence-corrected chi connectivity index (χ1v) is 9.47. The Bertz CT molecular complexity index is 505. The highest BCUT2D eigenvalue weighted by Crippen LogP contribution is 2.21. The Balaban J connectivity index is 1.40. The number of benzene rings is 1. The predicted octanol–water partition coefficient (Wildman–Crippen LogP) is 2.50. The molecule has 0 radical (unpaired) electrons. The van der Waals surface area contributed by atoms with Gasteiger partial charge < -0.3 is 15.1 Å². The number of nitrogens with zero attached hydrogens (tertiary/aromatic N) is 2. The summed E-state index contributed by atoms with van der Waals surface area (Å²) >= 11 is 0. The van der Waals surface area contributed by atoms with Crippen LogP contribution < -0.4 is 5.32 Å². The molecule has 1 N–H and O–H groups in total. The highest BCUT2D eigenvalue weighted by Gasteiger charge is 2.29. The zero-order valence-corrected chi connectivity index (χ0v) is 14.9. The molecule has 0 unspecified atom stereocenters. The van der Waals surface area contributed by atoms with E-state index in [-0.39, 0.29) is 6.04 Å². The van der Waals surface area contributed by atoms with Crippen LogP contribution in [0.25, 0.3) is 0 Å². The van der Waals surface area contributed by atoms with E-state index in [0.29, 0.717) is 11.8 Å². The fraction of sp³-hybridized carbons (Fsp3) is 0.650. The molecule has 1 amide bonds. The normalized spacial score (nSPS) is 22.8. The second kappa shape index (κ2) is 8.63. The molecular formula is C20H31N3O. The van der Waals surface area contributed by atoms with E-state index < -0.39 is 0 Å². The second-order valence-corrected chi connectivity index (χ2v) is 7.45. The maximum atomic E-state index is 12.6. The van der Waals surface area contributed by atoms with Gasteiger partial charge in [0.15, 0.2) is 0 Å². The molecule has 4 nitrogen and oxygen atoms in total. The fourth-order valence-corrected chi connectivity index (χ4v) is 4.02. The third kappa shape index (κ3) is 4.81. The van der Waals surface area contributed by atoms with Gasteiger partial charge in [-0.1, -0.05) is 36.8 Å². The van der Waals surface area contributed by atoms with Gasteiger partial charge in [0, 0.05) is 26.2 Å². The number of likely N-dealkylation sites (tertiary alicyclic amines) is 1. The molecule has 4 heteroatoms. The van der Waals surface area contributed by atoms with Crippen LogP contribution in [0.4, 0.5) is 0 Å². The zero-order valence-electron chi connectivity index (χ0n) is 14.9. The van der Waals surface area contributed by atoms with Gasteiger partial charge in [-0.25, -0.2) is 0 Å². The summed E-state index contributed by atoms with van der Waals surface area (Å²) < 4.78 is 0. The van der Waals surface area contributed by atoms with Gasteiger partial charge in [-0.3, -0.25) is 4.79 Å². The third-order valence-corrected chi connectivity index (χ3v) is 5.40. The number of carbonyl (C=O) groups excluding carboxylic acids is 1. The first-order valence-electron chi connectivity index (χ1n) is 9.47. The lowest BCUT2D eigenvalue weighted by Crippen LogP contribution is -2.51. The summed E-state index contributed by atoms with van der Waals surface area (Å²) in [6.45, 7) is 4.99. The molecule has 1 aromatic rings. The van der Waals surface area contributed by atoms with E-state index in [4.69, 9.17) is 0 Å². The predicted molar refractivity (Wildman–Crippen MR) is 97.7 cm³/mol. The average molecular weight is 329 g/mol. The van der Waals surface area contributed by atoms with Gasteiger partial charge >= 0.3 is 0 Å². The minimum Gasteiger partial charge on any atom is -0.341 e. The summed E-state index contributed by atoms with van der Waals surface area (Å²) in [4.78, 5) is 17.1. The standard InChI is InChI=1S/C20H31N3O/c1-22(15-17-7-3-2-4-8-17)16-18-10-13-23(14-11-18)20(24)19-9-5-6-12-21-19/h2-4,7-8,18-19,21H,5-6,9-16H2,1H3/t19-/m1/s1. The molecule has 0 aliphatic carbocycles. The molecule has 0 aromatic heterocycles. The summed E-state index contributed by atoms with van der Waals surface area (Å²) in [5, 5.41) is 3.39. The van der Waals surface area contributed by atoms with Crippen molar-refractivity contribution in [1.29, 1.82) is 0 Å². The van der Waals surface area contributed by atoms with E-state index in [0.717, 1.165) is 52.0 Å². The SMILES string of the molecule is CN(Cc1ccccc1)CC1CCN(C(=O)[C@H]2CCCCN2)CC1. The Morgan fingerprint density at radius 3 is 2.58 bits per heavy atom. The van der Waals surface area contributed by atoms with Gasteiger partial charge in [0.2, 0.25) is 5.91 Å². The van der Waals surface area contributed by atoms with Crippen LogP contribution in [-0.4, -0.2) is 55.0 Å². The molecule has 2 fully saturated rings. The van der Waals surface area contributed by atoms with Crippen molar-refractivity contribution in [2.24, 2.45) is 5.92 Å². The number of amides is 1. The van der Waals surface area contributed by atoms with Crippen LogP contribution in [0.2, 0.25) is 0 Å². The highest BCUT2D eigenvalue weighted by atomic mass is 16.2. The van der Waals surface area contributed by atoms with Crippen molar-refractivity contribution in [1.82, 2.24) is 15.1 Å². The van der Waals surface area contributed by atoms with E-state index in [9.17, 15) is 4.79 Å². The fourth-order valence-electron chi connectivity index (χ4n) is 4.02. The van der Waals surface area contributed by atoms with Crippen molar-refractivity contribution in [2.45, 2.75) is 44.7 Å². The smallest absolute Gasteiger partial charge is 0.239 e. The molecular weight excluding hydrogens is 298 g/mol. The molecule has 0 bridgehead atoms. The maximum absolute atomic E-state index is 12.6. The largest absolute Gasteiger partial charge is 0.341 e. The number of piperidine rings is 2. The van der Waals surface area contributed by atoms with E-state index in [1.807, 2.05) is 0 Å². The van der Waals surface area contributed by atoms with Crippen LogP contribution in [0.1, 0.15) is 37.7 Å². The number of hydrogen-bond donors (Lipinski definition) is 1. The van der Waals surface area contributed by atoms with Gasteiger partial charge in [-0.15, -0.1) is 0 Å². The Labute approximate surface area is 146 Å². The van der Waals surface area contributed by atoms with Crippen LogP contribution in [0.3, 0.4) is 0 Å². The molecule has 2 aliphatic rings. The zero-order chi connectivity index (χ0) is 16.8. The van der Waals surface area contributed by atoms with Crippen LogP contribution >= 0.6 is 0 Å². The van der Waals surface area contributed by atoms with Crippen molar-refractivity contribution >= 4 is 5.91 Å². The molecule has 1 atom stereocenters. The van der Waals surface area contributed by atoms with Crippen molar-refractivity contribution in [3.63, 3.8) is 0 Å². The number of hydrogen-bond acceptors (Lipinski definition) is 3. The van der Waals surface area contributed by atoms with E-state index >= 15 is 0 Å². The summed E-state index contributed by atoms with van der Waals surface area (Å²) in [5.74, 6) is 1.05. The first kappa shape index (κ1) is 17.4. The summed E-state index contributed by atoms with van der Waals surface area (Å²) in [5.41, 5.74) is 1.37. The minimum absolute atomic E-state index is 0.0797. The Morgan fingerprint density at radius 2 is 1.92 bits per heavy atom. The van der Waals surface area contributed by atoms with Gasteiger partial charge in [-0.05, 0) is 50.8 Å². The number of carbonyl (C=O) groups is 1. The Hall–Kier alpha value is -1.39. The Morgan fingerprint density at radius 1 is 1.17 bits per heavy atom. The third-order valence-electron chi connectivity index (χ3n) is 5.40. The highest BCUT2D eigenvalue weighted by molar-refractivity contribution is 5.82. The van der Waals surface area contributed by atoms with E-state index in [1.165, 1.54) is 18.4 Å². The van der Waals surface area contributed by atoms with Gasteiger partial charge in [0.05, 0.1) is 6.04 Å². The molecule has 1 aromatic carbocycles. The molecule has 0 saturated carbocycles. The maximum Gasteiger partial charge on any atom is 0.239 e. The molecule has 24 heavy (non-hydrogen) atoms. The van der Waals surface area contributed by atoms with Crippen molar-refractivity contribution < 1.29 is 4.79 Å². The lowest BCUT2D eigenvalue weighted by Gasteiger charge is -2.36. The molecule has 3 rings (SSSR count). The van der Waals surface area contributed by atoms with Crippen LogP contribution in [0, 0.1) is 5.92 Å². The lowest BCUT2D eigenvalue weighted by atomic mass is 9.95. The molecule has 0 spiro atoms.